The molecule has 0 atom stereocenters. The molecule has 1 N–H and O–H groups in total. The zero-order chi connectivity index (χ0) is 23.8. The van der Waals surface area contributed by atoms with Gasteiger partial charge in [0.1, 0.15) is 0 Å². The van der Waals surface area contributed by atoms with Gasteiger partial charge in [-0.1, -0.05) is 36.4 Å². The van der Waals surface area contributed by atoms with Crippen LogP contribution in [0.2, 0.25) is 0 Å². The minimum atomic E-state index is -3.49. The number of ether oxygens (including phenoxy) is 2. The number of anilines is 1. The third-order valence-corrected chi connectivity index (χ3v) is 6.27. The molecule has 7 nitrogen and oxygen atoms in total. The number of nitrogens with one attached hydrogen (secondary N) is 1. The summed E-state index contributed by atoms with van der Waals surface area (Å²) in [6.45, 7) is 0.663. The molecule has 0 bridgehead atoms. The van der Waals surface area contributed by atoms with Gasteiger partial charge in [-0.25, -0.2) is 8.42 Å². The van der Waals surface area contributed by atoms with Gasteiger partial charge in [0.2, 0.25) is 10.0 Å². The Balaban J connectivity index is 1.63. The maximum atomic E-state index is 12.5. The Bertz CT molecular complexity index is 1180. The summed E-state index contributed by atoms with van der Waals surface area (Å²) < 4.78 is 36.6. The van der Waals surface area contributed by atoms with Gasteiger partial charge in [-0.3, -0.25) is 9.10 Å². The Morgan fingerprint density at radius 1 is 0.879 bits per heavy atom. The van der Waals surface area contributed by atoms with Crippen molar-refractivity contribution in [3.63, 3.8) is 0 Å². The van der Waals surface area contributed by atoms with Gasteiger partial charge in [0, 0.05) is 12.1 Å². The number of sulfonamides is 1. The fourth-order valence-electron chi connectivity index (χ4n) is 3.39. The standard InChI is InChI=1S/C25H28N2O5S/c1-31-23-14-9-19(17-24(23)32-2)15-16-26-25(28)21-10-12-22(13-11-21)27(33(3,29)30)18-20-7-5-4-6-8-20/h4-14,17H,15-16,18H2,1-3H3,(H,26,28). The minimum Gasteiger partial charge on any atom is -0.493 e. The zero-order valence-electron chi connectivity index (χ0n) is 18.9. The van der Waals surface area contributed by atoms with Gasteiger partial charge < -0.3 is 14.8 Å². The second-order valence-electron chi connectivity index (χ2n) is 7.50. The molecule has 0 aliphatic carbocycles. The van der Waals surface area contributed by atoms with Gasteiger partial charge in [0.25, 0.3) is 5.91 Å². The Morgan fingerprint density at radius 3 is 2.15 bits per heavy atom. The lowest BCUT2D eigenvalue weighted by molar-refractivity contribution is 0.0954. The van der Waals surface area contributed by atoms with Gasteiger partial charge >= 0.3 is 0 Å². The van der Waals surface area contributed by atoms with Crippen molar-refractivity contribution < 1.29 is 22.7 Å². The van der Waals surface area contributed by atoms with Crippen LogP contribution in [0.5, 0.6) is 11.5 Å². The Kier molecular flexibility index (Phi) is 7.95. The molecule has 0 unspecified atom stereocenters. The van der Waals surface area contributed by atoms with Crippen LogP contribution in [-0.2, 0) is 23.0 Å². The number of nitrogens with zero attached hydrogens (tertiary/aromatic N) is 1. The molecule has 0 radical (unpaired) electrons. The highest BCUT2D eigenvalue weighted by Crippen LogP contribution is 2.27. The van der Waals surface area contributed by atoms with Gasteiger partial charge in [-0.05, 0) is 53.9 Å². The van der Waals surface area contributed by atoms with Crippen molar-refractivity contribution in [1.82, 2.24) is 5.32 Å². The molecular formula is C25H28N2O5S. The first-order valence-electron chi connectivity index (χ1n) is 10.4. The molecular weight excluding hydrogens is 440 g/mol. The monoisotopic (exact) mass is 468 g/mol. The highest BCUT2D eigenvalue weighted by Gasteiger charge is 2.18. The van der Waals surface area contributed by atoms with E-state index in [1.165, 1.54) is 10.6 Å². The number of hydrogen-bond donors (Lipinski definition) is 1. The lowest BCUT2D eigenvalue weighted by Crippen LogP contribution is -2.29. The van der Waals surface area contributed by atoms with Crippen LogP contribution in [0.25, 0.3) is 0 Å². The summed E-state index contributed by atoms with van der Waals surface area (Å²) in [6, 6.07) is 21.5. The second-order valence-corrected chi connectivity index (χ2v) is 9.40. The van der Waals surface area contributed by atoms with Crippen LogP contribution < -0.4 is 19.1 Å². The first-order valence-corrected chi connectivity index (χ1v) is 12.3. The summed E-state index contributed by atoms with van der Waals surface area (Å²) in [5, 5.41) is 2.89. The number of hydrogen-bond acceptors (Lipinski definition) is 5. The van der Waals surface area contributed by atoms with Crippen molar-refractivity contribution in [3.8, 4) is 11.5 Å². The molecule has 0 saturated heterocycles. The lowest BCUT2D eigenvalue weighted by atomic mass is 10.1. The van der Waals surface area contributed by atoms with Crippen LogP contribution in [0, 0.1) is 0 Å². The lowest BCUT2D eigenvalue weighted by Gasteiger charge is -2.22. The van der Waals surface area contributed by atoms with Crippen LogP contribution in [0.15, 0.2) is 72.8 Å². The predicted molar refractivity (Wildman–Crippen MR) is 129 cm³/mol. The number of methoxy groups -OCH3 is 2. The molecule has 0 aromatic heterocycles. The van der Waals surface area contributed by atoms with E-state index in [0.717, 1.165) is 11.1 Å². The molecule has 3 aromatic rings. The smallest absolute Gasteiger partial charge is 0.251 e. The second kappa shape index (κ2) is 10.9. The number of benzene rings is 3. The van der Waals surface area contributed by atoms with E-state index in [-0.39, 0.29) is 12.5 Å². The normalized spacial score (nSPS) is 11.0. The van der Waals surface area contributed by atoms with Crippen molar-refractivity contribution >= 4 is 21.6 Å². The zero-order valence-corrected chi connectivity index (χ0v) is 19.8. The van der Waals surface area contributed by atoms with E-state index in [9.17, 15) is 13.2 Å². The average Bonchev–Trinajstić information content (AvgIpc) is 2.82. The van der Waals surface area contributed by atoms with E-state index < -0.39 is 10.0 Å². The van der Waals surface area contributed by atoms with Gasteiger partial charge in [-0.2, -0.15) is 0 Å². The first-order chi connectivity index (χ1) is 15.8. The average molecular weight is 469 g/mol. The highest BCUT2D eigenvalue weighted by molar-refractivity contribution is 7.92. The van der Waals surface area contributed by atoms with Gasteiger partial charge in [0.15, 0.2) is 11.5 Å². The third-order valence-electron chi connectivity index (χ3n) is 5.13. The summed E-state index contributed by atoms with van der Waals surface area (Å²) >= 11 is 0. The van der Waals surface area contributed by atoms with E-state index >= 15 is 0 Å². The van der Waals surface area contributed by atoms with Crippen molar-refractivity contribution in [2.75, 3.05) is 31.3 Å². The quantitative estimate of drug-likeness (QED) is 0.491. The molecule has 33 heavy (non-hydrogen) atoms. The number of amides is 1. The maximum absolute atomic E-state index is 12.5. The molecule has 1 amide bonds. The fourth-order valence-corrected chi connectivity index (χ4v) is 4.28. The van der Waals surface area contributed by atoms with Crippen LogP contribution in [-0.4, -0.2) is 41.3 Å². The minimum absolute atomic E-state index is 0.219. The molecule has 0 heterocycles. The van der Waals surface area contributed by atoms with Crippen LogP contribution in [0.1, 0.15) is 21.5 Å². The molecule has 3 aromatic carbocycles. The van der Waals surface area contributed by atoms with E-state index in [1.54, 1.807) is 38.5 Å². The molecule has 0 aliphatic rings. The predicted octanol–water partition coefficient (Wildman–Crippen LogP) is 3.64. The molecule has 174 valence electrons. The summed E-state index contributed by atoms with van der Waals surface area (Å²) in [5.41, 5.74) is 2.84. The molecule has 0 saturated carbocycles. The van der Waals surface area contributed by atoms with Crippen molar-refractivity contribution in [3.05, 3.63) is 89.5 Å². The first kappa shape index (κ1) is 24.1. The highest BCUT2D eigenvalue weighted by atomic mass is 32.2. The summed E-state index contributed by atoms with van der Waals surface area (Å²) in [4.78, 5) is 12.5. The van der Waals surface area contributed by atoms with Crippen molar-refractivity contribution in [2.24, 2.45) is 0 Å². The van der Waals surface area contributed by atoms with Crippen molar-refractivity contribution in [2.45, 2.75) is 13.0 Å². The number of rotatable bonds is 10. The largest absolute Gasteiger partial charge is 0.493 e. The fraction of sp³-hybridized carbons (Fsp3) is 0.240. The summed E-state index contributed by atoms with van der Waals surface area (Å²) in [5.74, 6) is 1.07. The van der Waals surface area contributed by atoms with E-state index in [2.05, 4.69) is 5.32 Å². The van der Waals surface area contributed by atoms with Crippen LogP contribution >= 0.6 is 0 Å². The molecule has 0 spiro atoms. The Morgan fingerprint density at radius 2 is 1.55 bits per heavy atom. The molecule has 0 aliphatic heterocycles. The van der Waals surface area contributed by atoms with E-state index in [4.69, 9.17) is 9.47 Å². The summed E-state index contributed by atoms with van der Waals surface area (Å²) in [7, 11) is -0.327. The van der Waals surface area contributed by atoms with Crippen LogP contribution in [0.4, 0.5) is 5.69 Å². The number of carbonyl (C=O) groups excluding carboxylic acids is 1. The maximum Gasteiger partial charge on any atom is 0.251 e. The third kappa shape index (κ3) is 6.49. The Labute approximate surface area is 195 Å². The van der Waals surface area contributed by atoms with Crippen molar-refractivity contribution in [1.29, 1.82) is 0 Å². The number of carbonyl (C=O) groups is 1. The van der Waals surface area contributed by atoms with Gasteiger partial charge in [-0.15, -0.1) is 0 Å². The SMILES string of the molecule is COc1ccc(CCNC(=O)c2ccc(N(Cc3ccccc3)S(C)(=O)=O)cc2)cc1OC. The van der Waals surface area contributed by atoms with Crippen LogP contribution in [0.3, 0.4) is 0 Å². The Hall–Kier alpha value is -3.52. The van der Waals surface area contributed by atoms with Gasteiger partial charge in [0.05, 0.1) is 32.7 Å². The molecule has 8 heteroatoms. The van der Waals surface area contributed by atoms with E-state index in [1.807, 2.05) is 48.5 Å². The molecule has 0 fully saturated rings. The summed E-state index contributed by atoms with van der Waals surface area (Å²) in [6.07, 6.45) is 1.80. The topological polar surface area (TPSA) is 84.9 Å². The van der Waals surface area contributed by atoms with E-state index in [0.29, 0.717) is 35.7 Å². The molecule has 3 rings (SSSR count).